The molecule has 0 radical (unpaired) electrons. The molecule has 3 aliphatic heterocycles. The average Bonchev–Trinajstić information content (AvgIpc) is 3.53. The lowest BCUT2D eigenvalue weighted by molar-refractivity contribution is -0.136. The van der Waals surface area contributed by atoms with Gasteiger partial charge in [-0.25, -0.2) is 0 Å². The molecule has 3 amide bonds. The van der Waals surface area contributed by atoms with Gasteiger partial charge in [-0.15, -0.1) is 0 Å². The van der Waals surface area contributed by atoms with Crippen LogP contribution in [0.25, 0.3) is 0 Å². The molecular formula is C27H30ClN3O4. The fourth-order valence-corrected chi connectivity index (χ4v) is 5.62. The Kier molecular flexibility index (Phi) is 6.55. The van der Waals surface area contributed by atoms with Crippen molar-refractivity contribution in [2.24, 2.45) is 0 Å². The Morgan fingerprint density at radius 3 is 2.20 bits per heavy atom. The maximum Gasteiger partial charge on any atom is 0.256 e. The standard InChI is InChI=1S/C27H30ClN3O4/c1-19-8-10-20(11-9-19)24(32)31-23(26(34)29-14-4-5-15-29)18-35-27(31)12-16-30(17-13-27)25(33)21-6-2-3-7-22(21)28/h2-3,6-11,23H,4-5,12-18H2,1H3/t23-/m1/s1. The van der Waals surface area contributed by atoms with E-state index < -0.39 is 11.8 Å². The fraction of sp³-hybridized carbons (Fsp3) is 0.444. The van der Waals surface area contributed by atoms with E-state index >= 15 is 0 Å². The van der Waals surface area contributed by atoms with Gasteiger partial charge < -0.3 is 14.5 Å². The third-order valence-corrected chi connectivity index (χ3v) is 7.75. The second kappa shape index (κ2) is 9.63. The molecular weight excluding hydrogens is 466 g/mol. The molecule has 3 fully saturated rings. The summed E-state index contributed by atoms with van der Waals surface area (Å²) in [6.07, 6.45) is 2.83. The molecule has 2 aromatic carbocycles. The van der Waals surface area contributed by atoms with Gasteiger partial charge in [0.2, 0.25) is 5.91 Å². The molecule has 1 spiro atoms. The summed E-state index contributed by atoms with van der Waals surface area (Å²) in [5.41, 5.74) is 1.14. The van der Waals surface area contributed by atoms with E-state index in [1.807, 2.05) is 24.0 Å². The smallest absolute Gasteiger partial charge is 0.256 e. The Morgan fingerprint density at radius 2 is 1.54 bits per heavy atom. The van der Waals surface area contributed by atoms with Gasteiger partial charge in [0.05, 0.1) is 17.2 Å². The zero-order valence-corrected chi connectivity index (χ0v) is 20.7. The summed E-state index contributed by atoms with van der Waals surface area (Å²) in [5, 5.41) is 0.419. The second-order valence-corrected chi connectivity index (χ2v) is 10.0. The van der Waals surface area contributed by atoms with Crippen molar-refractivity contribution in [2.75, 3.05) is 32.8 Å². The monoisotopic (exact) mass is 495 g/mol. The van der Waals surface area contributed by atoms with Gasteiger partial charge in [-0.3, -0.25) is 19.3 Å². The largest absolute Gasteiger partial charge is 0.353 e. The van der Waals surface area contributed by atoms with Crippen LogP contribution in [0.15, 0.2) is 48.5 Å². The molecule has 3 saturated heterocycles. The molecule has 0 aliphatic carbocycles. The SMILES string of the molecule is Cc1ccc(C(=O)N2[C@@H](C(=O)N3CCCC3)COC23CCN(C(=O)c2ccccc2Cl)CC3)cc1. The second-order valence-electron chi connectivity index (χ2n) is 9.62. The molecule has 0 bridgehead atoms. The molecule has 0 N–H and O–H groups in total. The summed E-state index contributed by atoms with van der Waals surface area (Å²) in [4.78, 5) is 45.6. The number of amides is 3. The van der Waals surface area contributed by atoms with Gasteiger partial charge in [0.25, 0.3) is 11.8 Å². The van der Waals surface area contributed by atoms with Crippen LogP contribution in [0.3, 0.4) is 0 Å². The van der Waals surface area contributed by atoms with Gasteiger partial charge >= 0.3 is 0 Å². The number of carbonyl (C=O) groups is 3. The molecule has 7 nitrogen and oxygen atoms in total. The molecule has 0 saturated carbocycles. The lowest BCUT2D eigenvalue weighted by atomic mass is 9.95. The molecule has 0 aromatic heterocycles. The highest BCUT2D eigenvalue weighted by Gasteiger charge is 2.55. The predicted molar refractivity (Wildman–Crippen MR) is 132 cm³/mol. The van der Waals surface area contributed by atoms with Gasteiger partial charge in [0.15, 0.2) is 0 Å². The van der Waals surface area contributed by atoms with Crippen molar-refractivity contribution in [2.45, 2.75) is 44.4 Å². The summed E-state index contributed by atoms with van der Waals surface area (Å²) < 4.78 is 6.30. The minimum absolute atomic E-state index is 0.0468. The number of ether oxygens (including phenoxy) is 1. The maximum atomic E-state index is 13.8. The number of nitrogens with zero attached hydrogens (tertiary/aromatic N) is 3. The molecule has 3 aliphatic rings. The average molecular weight is 496 g/mol. The van der Waals surface area contributed by atoms with E-state index in [0.717, 1.165) is 31.5 Å². The maximum absolute atomic E-state index is 13.8. The summed E-state index contributed by atoms with van der Waals surface area (Å²) >= 11 is 6.25. The highest BCUT2D eigenvalue weighted by atomic mass is 35.5. The molecule has 35 heavy (non-hydrogen) atoms. The molecule has 2 aromatic rings. The van der Waals surface area contributed by atoms with Crippen LogP contribution in [-0.4, -0.2) is 77.0 Å². The fourth-order valence-electron chi connectivity index (χ4n) is 5.40. The lowest BCUT2D eigenvalue weighted by Gasteiger charge is -2.44. The topological polar surface area (TPSA) is 70.2 Å². The predicted octanol–water partition coefficient (Wildman–Crippen LogP) is 3.74. The van der Waals surface area contributed by atoms with Gasteiger partial charge in [0, 0.05) is 44.6 Å². The lowest BCUT2D eigenvalue weighted by Crippen LogP contribution is -2.60. The van der Waals surface area contributed by atoms with E-state index in [0.29, 0.717) is 42.1 Å². The van der Waals surface area contributed by atoms with Crippen molar-refractivity contribution in [3.8, 4) is 0 Å². The molecule has 5 rings (SSSR count). The van der Waals surface area contributed by atoms with Crippen LogP contribution < -0.4 is 0 Å². The van der Waals surface area contributed by atoms with E-state index in [1.165, 1.54) is 0 Å². The van der Waals surface area contributed by atoms with Crippen LogP contribution in [-0.2, 0) is 9.53 Å². The van der Waals surface area contributed by atoms with Gasteiger partial charge in [-0.05, 0) is 44.0 Å². The van der Waals surface area contributed by atoms with E-state index in [2.05, 4.69) is 0 Å². The number of aryl methyl sites for hydroxylation is 1. The summed E-state index contributed by atoms with van der Waals surface area (Å²) in [6.45, 7) is 4.40. The van der Waals surface area contributed by atoms with Crippen LogP contribution in [0.2, 0.25) is 5.02 Å². The number of hydrogen-bond acceptors (Lipinski definition) is 4. The number of halogens is 1. The van der Waals surface area contributed by atoms with E-state index in [-0.39, 0.29) is 24.3 Å². The minimum atomic E-state index is -0.917. The Balaban J connectivity index is 1.40. The van der Waals surface area contributed by atoms with Crippen molar-refractivity contribution in [1.82, 2.24) is 14.7 Å². The zero-order chi connectivity index (χ0) is 24.6. The summed E-state index contributed by atoms with van der Waals surface area (Å²) in [6, 6.07) is 13.8. The summed E-state index contributed by atoms with van der Waals surface area (Å²) in [7, 11) is 0. The van der Waals surface area contributed by atoms with Crippen molar-refractivity contribution in [1.29, 1.82) is 0 Å². The van der Waals surface area contributed by atoms with E-state index in [1.54, 1.807) is 46.2 Å². The van der Waals surface area contributed by atoms with Crippen molar-refractivity contribution >= 4 is 29.3 Å². The zero-order valence-electron chi connectivity index (χ0n) is 19.9. The van der Waals surface area contributed by atoms with Crippen LogP contribution >= 0.6 is 11.6 Å². The van der Waals surface area contributed by atoms with Gasteiger partial charge in [-0.2, -0.15) is 0 Å². The normalized spacial score (nSPS) is 21.5. The number of carbonyl (C=O) groups excluding carboxylic acids is 3. The Hall–Kier alpha value is -2.90. The highest BCUT2D eigenvalue weighted by molar-refractivity contribution is 6.33. The van der Waals surface area contributed by atoms with Crippen molar-refractivity contribution < 1.29 is 19.1 Å². The van der Waals surface area contributed by atoms with Crippen molar-refractivity contribution in [3.05, 3.63) is 70.2 Å². The quantitative estimate of drug-likeness (QED) is 0.650. The van der Waals surface area contributed by atoms with Crippen LogP contribution in [0, 0.1) is 6.92 Å². The first-order valence-corrected chi connectivity index (χ1v) is 12.6. The Morgan fingerprint density at radius 1 is 0.886 bits per heavy atom. The first-order chi connectivity index (χ1) is 16.9. The first kappa shape index (κ1) is 23.8. The number of piperidine rings is 1. The third-order valence-electron chi connectivity index (χ3n) is 7.42. The Labute approximate surface area is 210 Å². The molecule has 1 atom stereocenters. The number of benzene rings is 2. The van der Waals surface area contributed by atoms with Crippen LogP contribution in [0.5, 0.6) is 0 Å². The molecule has 8 heteroatoms. The summed E-state index contributed by atoms with van der Waals surface area (Å²) in [5.74, 6) is -0.384. The minimum Gasteiger partial charge on any atom is -0.353 e. The van der Waals surface area contributed by atoms with E-state index in [4.69, 9.17) is 16.3 Å². The molecule has 184 valence electrons. The highest BCUT2D eigenvalue weighted by Crippen LogP contribution is 2.39. The molecule has 3 heterocycles. The Bertz CT molecular complexity index is 1120. The van der Waals surface area contributed by atoms with Gasteiger partial charge in [0.1, 0.15) is 11.8 Å². The van der Waals surface area contributed by atoms with E-state index in [9.17, 15) is 14.4 Å². The number of likely N-dealkylation sites (tertiary alicyclic amines) is 2. The van der Waals surface area contributed by atoms with Crippen LogP contribution in [0.4, 0.5) is 0 Å². The van der Waals surface area contributed by atoms with Crippen LogP contribution in [0.1, 0.15) is 52.0 Å². The van der Waals surface area contributed by atoms with Gasteiger partial charge in [-0.1, -0.05) is 41.4 Å². The number of hydrogen-bond donors (Lipinski definition) is 0. The first-order valence-electron chi connectivity index (χ1n) is 12.3. The number of rotatable bonds is 3. The molecule has 0 unspecified atom stereocenters. The van der Waals surface area contributed by atoms with Crippen molar-refractivity contribution in [3.63, 3.8) is 0 Å². The third kappa shape index (κ3) is 4.43.